The highest BCUT2D eigenvalue weighted by atomic mass is 16.6. The van der Waals surface area contributed by atoms with Gasteiger partial charge in [-0.2, -0.15) is 0 Å². The van der Waals surface area contributed by atoms with Crippen molar-refractivity contribution in [2.75, 3.05) is 30.4 Å². The summed E-state index contributed by atoms with van der Waals surface area (Å²) in [5.41, 5.74) is 1.24. The standard InChI is InChI=1S/C20H29N5O2/c1-20(2,3)27-19(26)22-13-14-9-7-8-12-25(14)18-17(21-4)23-15-10-5-6-11-16(15)24-18/h5-6,10-11,14H,7-9,12-13H2,1-4H3,(H,21,23)(H,22,26). The maximum absolute atomic E-state index is 12.1. The topological polar surface area (TPSA) is 79.4 Å². The number of benzene rings is 1. The first-order valence-electron chi connectivity index (χ1n) is 9.55. The van der Waals surface area contributed by atoms with Crippen LogP contribution >= 0.6 is 0 Å². The molecule has 2 aromatic rings. The van der Waals surface area contributed by atoms with E-state index in [9.17, 15) is 4.79 Å². The number of nitrogens with zero attached hydrogens (tertiary/aromatic N) is 3. The molecule has 1 aliphatic heterocycles. The fourth-order valence-electron chi connectivity index (χ4n) is 3.37. The third kappa shape index (κ3) is 4.78. The van der Waals surface area contributed by atoms with Crippen molar-refractivity contribution in [3.8, 4) is 0 Å². The second-order valence-electron chi connectivity index (χ2n) is 7.86. The van der Waals surface area contributed by atoms with Gasteiger partial charge in [0, 0.05) is 26.2 Å². The Morgan fingerprint density at radius 3 is 2.59 bits per heavy atom. The van der Waals surface area contributed by atoms with Gasteiger partial charge < -0.3 is 20.3 Å². The van der Waals surface area contributed by atoms with Crippen LogP contribution in [0.2, 0.25) is 0 Å². The smallest absolute Gasteiger partial charge is 0.407 e. The number of fused-ring (bicyclic) bond motifs is 1. The van der Waals surface area contributed by atoms with Crippen LogP contribution in [0.1, 0.15) is 40.0 Å². The van der Waals surface area contributed by atoms with Crippen LogP contribution in [0.5, 0.6) is 0 Å². The lowest BCUT2D eigenvalue weighted by atomic mass is 10.0. The van der Waals surface area contributed by atoms with Crippen LogP contribution < -0.4 is 15.5 Å². The van der Waals surface area contributed by atoms with E-state index < -0.39 is 5.60 Å². The van der Waals surface area contributed by atoms with Crippen LogP contribution in [-0.4, -0.2) is 47.8 Å². The summed E-state index contributed by atoms with van der Waals surface area (Å²) in [7, 11) is 1.86. The second kappa shape index (κ2) is 7.98. The van der Waals surface area contributed by atoms with Gasteiger partial charge in [0.25, 0.3) is 0 Å². The number of piperidine rings is 1. The molecule has 27 heavy (non-hydrogen) atoms. The average Bonchev–Trinajstić information content (AvgIpc) is 2.64. The maximum atomic E-state index is 12.1. The number of hydrogen-bond acceptors (Lipinski definition) is 6. The van der Waals surface area contributed by atoms with Gasteiger partial charge in [-0.1, -0.05) is 12.1 Å². The van der Waals surface area contributed by atoms with Gasteiger partial charge in [-0.05, 0) is 52.2 Å². The van der Waals surface area contributed by atoms with Crippen molar-refractivity contribution in [2.45, 2.75) is 51.7 Å². The van der Waals surface area contributed by atoms with Gasteiger partial charge in [-0.15, -0.1) is 0 Å². The van der Waals surface area contributed by atoms with Crippen LogP contribution in [0.25, 0.3) is 11.0 Å². The molecule has 0 saturated carbocycles. The Morgan fingerprint density at radius 2 is 1.93 bits per heavy atom. The van der Waals surface area contributed by atoms with Gasteiger partial charge in [0.15, 0.2) is 11.6 Å². The second-order valence-corrected chi connectivity index (χ2v) is 7.86. The molecule has 0 aliphatic carbocycles. The quantitative estimate of drug-likeness (QED) is 0.856. The number of carbonyl (C=O) groups is 1. The Bertz CT molecular complexity index is 803. The van der Waals surface area contributed by atoms with E-state index in [0.717, 1.165) is 48.5 Å². The number of carbonyl (C=O) groups excluding carboxylic acids is 1. The van der Waals surface area contributed by atoms with E-state index in [0.29, 0.717) is 6.54 Å². The minimum Gasteiger partial charge on any atom is -0.444 e. The van der Waals surface area contributed by atoms with E-state index in [1.165, 1.54) is 0 Å². The van der Waals surface area contributed by atoms with Crippen molar-refractivity contribution in [3.05, 3.63) is 24.3 Å². The molecule has 146 valence electrons. The fourth-order valence-corrected chi connectivity index (χ4v) is 3.37. The van der Waals surface area contributed by atoms with E-state index in [4.69, 9.17) is 14.7 Å². The Balaban J connectivity index is 1.81. The highest BCUT2D eigenvalue weighted by molar-refractivity contribution is 5.80. The maximum Gasteiger partial charge on any atom is 0.407 e. The van der Waals surface area contributed by atoms with Crippen LogP contribution in [0.4, 0.5) is 16.4 Å². The summed E-state index contributed by atoms with van der Waals surface area (Å²) in [6, 6.07) is 8.03. The summed E-state index contributed by atoms with van der Waals surface area (Å²) < 4.78 is 5.36. The first-order chi connectivity index (χ1) is 12.9. The first-order valence-corrected chi connectivity index (χ1v) is 9.55. The lowest BCUT2D eigenvalue weighted by molar-refractivity contribution is 0.0523. The lowest BCUT2D eigenvalue weighted by Gasteiger charge is -2.37. The number of ether oxygens (including phenoxy) is 1. The van der Waals surface area contributed by atoms with Gasteiger partial charge in [0.1, 0.15) is 5.60 Å². The molecule has 7 nitrogen and oxygen atoms in total. The van der Waals surface area contributed by atoms with Gasteiger partial charge in [0.05, 0.1) is 11.0 Å². The van der Waals surface area contributed by atoms with Crippen molar-refractivity contribution in [2.24, 2.45) is 0 Å². The zero-order valence-electron chi connectivity index (χ0n) is 16.6. The van der Waals surface area contributed by atoms with Crippen LogP contribution in [0, 0.1) is 0 Å². The van der Waals surface area contributed by atoms with E-state index in [-0.39, 0.29) is 12.1 Å². The number of nitrogens with one attached hydrogen (secondary N) is 2. The molecule has 1 saturated heterocycles. The number of aromatic nitrogens is 2. The summed E-state index contributed by atoms with van der Waals surface area (Å²) in [6.07, 6.45) is 2.84. The average molecular weight is 371 g/mol. The molecule has 1 fully saturated rings. The summed E-state index contributed by atoms with van der Waals surface area (Å²) in [6.45, 7) is 7.00. The Labute approximate surface area is 160 Å². The first kappa shape index (κ1) is 19.2. The predicted octanol–water partition coefficient (Wildman–Crippen LogP) is 3.56. The molecule has 1 aliphatic rings. The molecule has 0 spiro atoms. The number of para-hydroxylation sites is 2. The summed E-state index contributed by atoms with van der Waals surface area (Å²) in [4.78, 5) is 23.9. The molecular formula is C20H29N5O2. The predicted molar refractivity (Wildman–Crippen MR) is 108 cm³/mol. The van der Waals surface area contributed by atoms with E-state index in [1.54, 1.807) is 0 Å². The van der Waals surface area contributed by atoms with Crippen LogP contribution in [0.15, 0.2) is 24.3 Å². The molecule has 1 amide bonds. The molecule has 3 rings (SSSR count). The summed E-state index contributed by atoms with van der Waals surface area (Å²) >= 11 is 0. The van der Waals surface area contributed by atoms with E-state index >= 15 is 0 Å². The molecule has 0 radical (unpaired) electrons. The monoisotopic (exact) mass is 371 g/mol. The van der Waals surface area contributed by atoms with Crippen molar-refractivity contribution in [3.63, 3.8) is 0 Å². The SMILES string of the molecule is CNc1nc2ccccc2nc1N1CCCCC1CNC(=O)OC(C)(C)C. The Hall–Kier alpha value is -2.57. The Morgan fingerprint density at radius 1 is 1.22 bits per heavy atom. The molecule has 2 heterocycles. The number of hydrogen-bond donors (Lipinski definition) is 2. The van der Waals surface area contributed by atoms with Crippen molar-refractivity contribution < 1.29 is 9.53 Å². The van der Waals surface area contributed by atoms with Gasteiger partial charge in [-0.3, -0.25) is 0 Å². The Kier molecular flexibility index (Phi) is 5.68. The molecule has 7 heteroatoms. The highest BCUT2D eigenvalue weighted by Gasteiger charge is 2.27. The normalized spacial score (nSPS) is 17.6. The van der Waals surface area contributed by atoms with Crippen molar-refractivity contribution >= 4 is 28.8 Å². The molecule has 1 unspecified atom stereocenters. The minimum atomic E-state index is -0.501. The number of amides is 1. The summed E-state index contributed by atoms with van der Waals surface area (Å²) in [5, 5.41) is 6.09. The van der Waals surface area contributed by atoms with Gasteiger partial charge in [0.2, 0.25) is 0 Å². The van der Waals surface area contributed by atoms with Crippen molar-refractivity contribution in [1.82, 2.24) is 15.3 Å². The van der Waals surface area contributed by atoms with E-state index in [1.807, 2.05) is 52.1 Å². The van der Waals surface area contributed by atoms with Crippen LogP contribution in [0.3, 0.4) is 0 Å². The number of anilines is 2. The third-order valence-corrected chi connectivity index (χ3v) is 4.57. The molecule has 1 aromatic carbocycles. The van der Waals surface area contributed by atoms with Crippen molar-refractivity contribution in [1.29, 1.82) is 0 Å². The molecule has 2 N–H and O–H groups in total. The highest BCUT2D eigenvalue weighted by Crippen LogP contribution is 2.30. The lowest BCUT2D eigenvalue weighted by Crippen LogP contribution is -2.48. The molecular weight excluding hydrogens is 342 g/mol. The molecule has 1 aromatic heterocycles. The summed E-state index contributed by atoms with van der Waals surface area (Å²) in [5.74, 6) is 1.60. The van der Waals surface area contributed by atoms with Crippen LogP contribution in [-0.2, 0) is 4.74 Å². The number of alkyl carbamates (subject to hydrolysis) is 1. The largest absolute Gasteiger partial charge is 0.444 e. The van der Waals surface area contributed by atoms with E-state index in [2.05, 4.69) is 15.5 Å². The molecule has 0 bridgehead atoms. The fraction of sp³-hybridized carbons (Fsp3) is 0.550. The molecule has 1 atom stereocenters. The zero-order valence-corrected chi connectivity index (χ0v) is 16.6. The van der Waals surface area contributed by atoms with Gasteiger partial charge in [-0.25, -0.2) is 14.8 Å². The zero-order chi connectivity index (χ0) is 19.4. The third-order valence-electron chi connectivity index (χ3n) is 4.57. The minimum absolute atomic E-state index is 0.161. The van der Waals surface area contributed by atoms with Gasteiger partial charge >= 0.3 is 6.09 Å². The number of rotatable bonds is 4.